The van der Waals surface area contributed by atoms with E-state index in [1.165, 1.54) is 0 Å². The first-order chi connectivity index (χ1) is 13.9. The lowest BCUT2D eigenvalue weighted by molar-refractivity contribution is -0.115. The summed E-state index contributed by atoms with van der Waals surface area (Å²) < 4.78 is 14.2. The van der Waals surface area contributed by atoms with Crippen molar-refractivity contribution in [2.45, 2.75) is 27.7 Å². The number of likely N-dealkylation sites (N-methyl/N-ethyl adjacent to an activating group) is 1. The minimum Gasteiger partial charge on any atom is -0.358 e. The van der Waals surface area contributed by atoms with Crippen LogP contribution in [0.3, 0.4) is 0 Å². The molecule has 2 aromatic rings. The summed E-state index contributed by atoms with van der Waals surface area (Å²) in [5, 5.41) is 3.12. The molecule has 29 heavy (non-hydrogen) atoms. The van der Waals surface area contributed by atoms with Crippen molar-refractivity contribution in [3.63, 3.8) is 0 Å². The Morgan fingerprint density at radius 2 is 1.93 bits per heavy atom. The molecule has 0 saturated carbocycles. The fourth-order valence-electron chi connectivity index (χ4n) is 3.70. The number of aromatic nitrogens is 1. The van der Waals surface area contributed by atoms with Crippen LogP contribution >= 0.6 is 0 Å². The number of aromatic amines is 1. The molecule has 6 nitrogen and oxygen atoms in total. The van der Waals surface area contributed by atoms with Crippen molar-refractivity contribution in [2.75, 3.05) is 31.3 Å². The number of fused-ring (bicyclic) bond motifs is 1. The number of rotatable bonds is 7. The predicted octanol–water partition coefficient (Wildman–Crippen LogP) is 3.47. The molecule has 154 valence electrons. The van der Waals surface area contributed by atoms with Crippen molar-refractivity contribution in [1.29, 1.82) is 0 Å². The van der Waals surface area contributed by atoms with Gasteiger partial charge in [0, 0.05) is 30.0 Å². The number of amides is 2. The Hall–Kier alpha value is -2.93. The van der Waals surface area contributed by atoms with Gasteiger partial charge in [-0.05, 0) is 44.6 Å². The minimum absolute atomic E-state index is 0.154. The Kier molecular flexibility index (Phi) is 6.17. The number of nitrogens with zero attached hydrogens (tertiary/aromatic N) is 2. The minimum atomic E-state index is -0.705. The summed E-state index contributed by atoms with van der Waals surface area (Å²) in [5.74, 6) is -0.860. The first-order valence-corrected chi connectivity index (χ1v) is 9.90. The summed E-state index contributed by atoms with van der Waals surface area (Å²) in [6.07, 6.45) is 1.62. The number of anilines is 1. The Morgan fingerprint density at radius 1 is 1.24 bits per heavy atom. The zero-order valence-electron chi connectivity index (χ0n) is 17.3. The second kappa shape index (κ2) is 8.61. The highest BCUT2D eigenvalue weighted by atomic mass is 19.2. The number of carbonyl (C=O) groups excluding carboxylic acids is 2. The summed E-state index contributed by atoms with van der Waals surface area (Å²) >= 11 is 0. The predicted molar refractivity (Wildman–Crippen MR) is 113 cm³/mol. The first-order valence-electron chi connectivity index (χ1n) is 9.90. The second-order valence-corrected chi connectivity index (χ2v) is 7.11. The number of nitrogens with one attached hydrogen (secondary N) is 2. The van der Waals surface area contributed by atoms with Crippen LogP contribution in [0.15, 0.2) is 24.3 Å². The molecule has 0 atom stereocenters. The van der Waals surface area contributed by atoms with E-state index in [0.29, 0.717) is 29.1 Å². The molecule has 0 spiro atoms. The van der Waals surface area contributed by atoms with Gasteiger partial charge in [0.2, 0.25) is 0 Å². The molecule has 0 fully saturated rings. The van der Waals surface area contributed by atoms with E-state index in [1.54, 1.807) is 30.3 Å². The van der Waals surface area contributed by atoms with Crippen molar-refractivity contribution in [2.24, 2.45) is 0 Å². The van der Waals surface area contributed by atoms with Gasteiger partial charge in [0.05, 0.1) is 16.8 Å². The van der Waals surface area contributed by atoms with Gasteiger partial charge in [-0.3, -0.25) is 9.59 Å². The van der Waals surface area contributed by atoms with E-state index < -0.39 is 5.91 Å². The Labute approximate surface area is 170 Å². The van der Waals surface area contributed by atoms with Gasteiger partial charge in [0.1, 0.15) is 0 Å². The maximum atomic E-state index is 14.2. The number of carbonyl (C=O) groups is 2. The molecular weight excluding hydrogens is 371 g/mol. The van der Waals surface area contributed by atoms with Crippen LogP contribution in [0.25, 0.3) is 11.6 Å². The van der Waals surface area contributed by atoms with Crippen molar-refractivity contribution in [1.82, 2.24) is 15.2 Å². The third-order valence-corrected chi connectivity index (χ3v) is 5.41. The van der Waals surface area contributed by atoms with Gasteiger partial charge in [-0.15, -0.1) is 5.12 Å². The van der Waals surface area contributed by atoms with E-state index in [9.17, 15) is 14.1 Å². The molecule has 2 N–H and O–H groups in total. The van der Waals surface area contributed by atoms with Crippen LogP contribution in [0.1, 0.15) is 46.7 Å². The maximum absolute atomic E-state index is 14.2. The fourth-order valence-corrected chi connectivity index (χ4v) is 3.70. The molecule has 2 amide bonds. The zero-order valence-corrected chi connectivity index (χ0v) is 17.3. The van der Waals surface area contributed by atoms with Gasteiger partial charge < -0.3 is 15.2 Å². The van der Waals surface area contributed by atoms with Gasteiger partial charge in [-0.1, -0.05) is 36.5 Å². The lowest BCUT2D eigenvalue weighted by Crippen LogP contribution is -2.35. The Bertz CT molecular complexity index is 960. The fraction of sp³-hybridized carbons (Fsp3) is 0.364. The van der Waals surface area contributed by atoms with Crippen molar-refractivity contribution in [3.05, 3.63) is 52.3 Å². The lowest BCUT2D eigenvalue weighted by atomic mass is 10.0. The monoisotopic (exact) mass is 398 g/mol. The van der Waals surface area contributed by atoms with Gasteiger partial charge in [-0.2, -0.15) is 0 Å². The molecule has 1 aliphatic rings. The molecule has 1 aliphatic heterocycles. The summed E-state index contributed by atoms with van der Waals surface area (Å²) in [4.78, 5) is 30.5. The third kappa shape index (κ3) is 3.96. The molecule has 2 heterocycles. The standard InChI is InChI=1S/C22H27FN4O2/c1-5-26(6-2)12-11-24-21(28)20-14(3)18(25-15(20)4)13-17-16-9-7-8-10-19(16)27(23)22(17)29/h7-10,13,25H,5-6,11-12H2,1-4H3,(H,24,28). The van der Waals surface area contributed by atoms with Gasteiger partial charge in [0.15, 0.2) is 0 Å². The summed E-state index contributed by atoms with van der Waals surface area (Å²) in [5.41, 5.74) is 3.68. The van der Waals surface area contributed by atoms with Crippen LogP contribution in [-0.2, 0) is 4.79 Å². The number of halogens is 1. The van der Waals surface area contributed by atoms with Gasteiger partial charge >= 0.3 is 0 Å². The van der Waals surface area contributed by atoms with Crippen molar-refractivity contribution < 1.29 is 14.1 Å². The molecule has 3 rings (SSSR count). The normalized spacial score (nSPS) is 14.8. The average molecular weight is 398 g/mol. The quantitative estimate of drug-likeness (QED) is 0.554. The van der Waals surface area contributed by atoms with Crippen LogP contribution < -0.4 is 10.4 Å². The van der Waals surface area contributed by atoms with Crippen LogP contribution in [0.5, 0.6) is 0 Å². The average Bonchev–Trinajstić information content (AvgIpc) is 3.13. The topological polar surface area (TPSA) is 68.4 Å². The van der Waals surface area contributed by atoms with E-state index in [1.807, 2.05) is 13.8 Å². The summed E-state index contributed by atoms with van der Waals surface area (Å²) in [6, 6.07) is 6.73. The Morgan fingerprint density at radius 3 is 2.62 bits per heavy atom. The molecule has 0 saturated heterocycles. The smallest absolute Gasteiger partial charge is 0.287 e. The van der Waals surface area contributed by atoms with E-state index in [4.69, 9.17) is 0 Å². The number of aryl methyl sites for hydroxylation is 1. The number of para-hydroxylation sites is 1. The highest BCUT2D eigenvalue weighted by Gasteiger charge is 2.33. The summed E-state index contributed by atoms with van der Waals surface area (Å²) in [6.45, 7) is 11.0. The lowest BCUT2D eigenvalue weighted by Gasteiger charge is -2.18. The van der Waals surface area contributed by atoms with E-state index in [0.717, 1.165) is 25.2 Å². The van der Waals surface area contributed by atoms with Crippen molar-refractivity contribution in [3.8, 4) is 0 Å². The summed E-state index contributed by atoms with van der Waals surface area (Å²) in [7, 11) is 0. The molecular formula is C22H27FN4O2. The molecule has 0 radical (unpaired) electrons. The van der Waals surface area contributed by atoms with Gasteiger partial charge in [0.25, 0.3) is 11.8 Å². The van der Waals surface area contributed by atoms with Gasteiger partial charge in [-0.25, -0.2) is 0 Å². The van der Waals surface area contributed by atoms with Crippen LogP contribution in [0.2, 0.25) is 0 Å². The van der Waals surface area contributed by atoms with E-state index in [2.05, 4.69) is 29.0 Å². The number of hydrogen-bond donors (Lipinski definition) is 2. The number of hydrogen-bond acceptors (Lipinski definition) is 3. The molecule has 0 unspecified atom stereocenters. The SMILES string of the molecule is CCN(CC)CCNC(=O)c1c(C)[nH]c(C=C2C(=O)N(F)c3ccccc32)c1C. The maximum Gasteiger partial charge on any atom is 0.287 e. The first kappa shape index (κ1) is 20.8. The molecule has 0 aliphatic carbocycles. The molecule has 7 heteroatoms. The molecule has 1 aromatic carbocycles. The van der Waals surface area contributed by atoms with E-state index >= 15 is 0 Å². The second-order valence-electron chi connectivity index (χ2n) is 7.11. The highest BCUT2D eigenvalue weighted by Crippen LogP contribution is 2.38. The van der Waals surface area contributed by atoms with Crippen LogP contribution in [-0.4, -0.2) is 47.9 Å². The highest BCUT2D eigenvalue weighted by molar-refractivity contribution is 6.35. The zero-order chi connectivity index (χ0) is 21.1. The number of benzene rings is 1. The number of H-pyrrole nitrogens is 1. The molecule has 1 aromatic heterocycles. The Balaban J connectivity index is 1.84. The largest absolute Gasteiger partial charge is 0.358 e. The van der Waals surface area contributed by atoms with Crippen LogP contribution in [0, 0.1) is 13.8 Å². The molecule has 0 bridgehead atoms. The van der Waals surface area contributed by atoms with Crippen LogP contribution in [0.4, 0.5) is 10.2 Å². The van der Waals surface area contributed by atoms with Crippen molar-refractivity contribution >= 4 is 29.2 Å². The van der Waals surface area contributed by atoms with E-state index in [-0.39, 0.29) is 22.3 Å². The third-order valence-electron chi connectivity index (χ3n) is 5.41.